The molecule has 1 amide bonds. The summed E-state index contributed by atoms with van der Waals surface area (Å²) < 4.78 is 27.6. The van der Waals surface area contributed by atoms with Crippen molar-refractivity contribution in [2.24, 2.45) is 0 Å². The molecule has 7 heteroatoms. The molecular weight excluding hydrogens is 292 g/mol. The summed E-state index contributed by atoms with van der Waals surface area (Å²) >= 11 is 0. The molecule has 0 radical (unpaired) electrons. The first-order valence-electron chi connectivity index (χ1n) is 6.75. The summed E-state index contributed by atoms with van der Waals surface area (Å²) in [5, 5.41) is 3.14. The Kier molecular flexibility index (Phi) is 4.84. The van der Waals surface area contributed by atoms with Crippen molar-refractivity contribution in [2.75, 3.05) is 32.2 Å². The lowest BCUT2D eigenvalue weighted by atomic mass is 10.1. The molecule has 0 spiro atoms. The van der Waals surface area contributed by atoms with Crippen LogP contribution in [-0.2, 0) is 14.6 Å². The number of nitrogens with zero attached hydrogens (tertiary/aromatic N) is 1. The molecule has 1 heterocycles. The van der Waals surface area contributed by atoms with E-state index in [4.69, 9.17) is 4.74 Å². The van der Waals surface area contributed by atoms with Gasteiger partial charge in [-0.05, 0) is 24.1 Å². The number of nitrogens with one attached hydrogen (secondary N) is 1. The van der Waals surface area contributed by atoms with E-state index < -0.39 is 9.84 Å². The maximum absolute atomic E-state index is 12.0. The molecule has 1 saturated heterocycles. The topological polar surface area (TPSA) is 75.7 Å². The van der Waals surface area contributed by atoms with E-state index in [0.29, 0.717) is 13.0 Å². The van der Waals surface area contributed by atoms with Crippen molar-refractivity contribution >= 4 is 15.7 Å². The van der Waals surface area contributed by atoms with Crippen LogP contribution in [0.1, 0.15) is 18.2 Å². The number of hydrogen-bond acceptors (Lipinski definition) is 5. The standard InChI is InChI=1S/C14H20N2O4S/c1-20-12-6-3-5-11(9-12)14-15-10-13(17)16(14)7-4-8-21(2,18)19/h3,5-6,9,14-15H,4,7-8,10H2,1-2H3. The van der Waals surface area contributed by atoms with Gasteiger partial charge in [-0.25, -0.2) is 8.42 Å². The number of methoxy groups -OCH3 is 1. The minimum absolute atomic E-state index is 0.0173. The van der Waals surface area contributed by atoms with Gasteiger partial charge in [0.05, 0.1) is 19.4 Å². The van der Waals surface area contributed by atoms with Crippen molar-refractivity contribution in [2.45, 2.75) is 12.6 Å². The summed E-state index contributed by atoms with van der Waals surface area (Å²) in [4.78, 5) is 13.6. The molecule has 116 valence electrons. The number of ether oxygens (including phenoxy) is 1. The lowest BCUT2D eigenvalue weighted by Crippen LogP contribution is -2.32. The Morgan fingerprint density at radius 1 is 1.43 bits per heavy atom. The quantitative estimate of drug-likeness (QED) is 0.831. The van der Waals surface area contributed by atoms with E-state index >= 15 is 0 Å². The molecular formula is C14H20N2O4S. The third kappa shape index (κ3) is 4.18. The number of hydrogen-bond donors (Lipinski definition) is 1. The van der Waals surface area contributed by atoms with Gasteiger partial charge in [0.15, 0.2) is 0 Å². The van der Waals surface area contributed by atoms with Crippen LogP contribution in [0.25, 0.3) is 0 Å². The summed E-state index contributed by atoms with van der Waals surface area (Å²) in [6.07, 6.45) is 1.41. The van der Waals surface area contributed by atoms with Crippen molar-refractivity contribution in [1.29, 1.82) is 0 Å². The van der Waals surface area contributed by atoms with Gasteiger partial charge < -0.3 is 9.64 Å². The highest BCUT2D eigenvalue weighted by molar-refractivity contribution is 7.90. The zero-order valence-corrected chi connectivity index (χ0v) is 13.0. The van der Waals surface area contributed by atoms with Crippen LogP contribution in [-0.4, -0.2) is 51.4 Å². The number of carbonyl (C=O) groups excluding carboxylic acids is 1. The zero-order chi connectivity index (χ0) is 15.5. The number of sulfone groups is 1. The fourth-order valence-corrected chi connectivity index (χ4v) is 3.05. The van der Waals surface area contributed by atoms with E-state index in [1.165, 1.54) is 6.26 Å². The average molecular weight is 312 g/mol. The van der Waals surface area contributed by atoms with Crippen molar-refractivity contribution < 1.29 is 17.9 Å². The molecule has 1 atom stereocenters. The van der Waals surface area contributed by atoms with Gasteiger partial charge in [-0.3, -0.25) is 10.1 Å². The third-order valence-corrected chi connectivity index (χ3v) is 4.43. The van der Waals surface area contributed by atoms with Crippen LogP contribution >= 0.6 is 0 Å². The summed E-state index contributed by atoms with van der Waals surface area (Å²) in [5.41, 5.74) is 0.930. The summed E-state index contributed by atoms with van der Waals surface area (Å²) in [5.74, 6) is 0.794. The Hall–Kier alpha value is -1.60. The summed E-state index contributed by atoms with van der Waals surface area (Å²) in [7, 11) is -1.41. The second-order valence-electron chi connectivity index (χ2n) is 5.13. The maximum Gasteiger partial charge on any atom is 0.238 e. The first kappa shape index (κ1) is 15.8. The monoisotopic (exact) mass is 312 g/mol. The molecule has 1 N–H and O–H groups in total. The van der Waals surface area contributed by atoms with Crippen LogP contribution in [0.5, 0.6) is 5.75 Å². The van der Waals surface area contributed by atoms with Crippen molar-refractivity contribution in [1.82, 2.24) is 10.2 Å². The van der Waals surface area contributed by atoms with Gasteiger partial charge in [-0.1, -0.05) is 12.1 Å². The van der Waals surface area contributed by atoms with Crippen molar-refractivity contribution in [3.63, 3.8) is 0 Å². The predicted octanol–water partition coefficient (Wildman–Crippen LogP) is 0.560. The lowest BCUT2D eigenvalue weighted by molar-refractivity contribution is -0.128. The fraction of sp³-hybridized carbons (Fsp3) is 0.500. The highest BCUT2D eigenvalue weighted by Gasteiger charge is 2.31. The van der Waals surface area contributed by atoms with E-state index in [1.807, 2.05) is 24.3 Å². The van der Waals surface area contributed by atoms with Crippen LogP contribution in [0.2, 0.25) is 0 Å². The lowest BCUT2D eigenvalue weighted by Gasteiger charge is -2.24. The number of amides is 1. The van der Waals surface area contributed by atoms with Crippen LogP contribution in [0.15, 0.2) is 24.3 Å². The van der Waals surface area contributed by atoms with Gasteiger partial charge in [-0.2, -0.15) is 0 Å². The highest BCUT2D eigenvalue weighted by Crippen LogP contribution is 2.25. The van der Waals surface area contributed by atoms with E-state index in [0.717, 1.165) is 11.3 Å². The molecule has 21 heavy (non-hydrogen) atoms. The third-order valence-electron chi connectivity index (χ3n) is 3.40. The minimum atomic E-state index is -3.00. The molecule has 1 unspecified atom stereocenters. The molecule has 1 fully saturated rings. The Balaban J connectivity index is 2.08. The van der Waals surface area contributed by atoms with Crippen LogP contribution < -0.4 is 10.1 Å². The predicted molar refractivity (Wildman–Crippen MR) is 79.8 cm³/mol. The van der Waals surface area contributed by atoms with Gasteiger partial charge in [-0.15, -0.1) is 0 Å². The van der Waals surface area contributed by atoms with Crippen LogP contribution in [0.4, 0.5) is 0 Å². The van der Waals surface area contributed by atoms with E-state index in [-0.39, 0.29) is 24.4 Å². The highest BCUT2D eigenvalue weighted by atomic mass is 32.2. The molecule has 6 nitrogen and oxygen atoms in total. The fourth-order valence-electron chi connectivity index (χ4n) is 2.40. The summed E-state index contributed by atoms with van der Waals surface area (Å²) in [6.45, 7) is 0.682. The molecule has 1 aromatic rings. The number of rotatable bonds is 6. The average Bonchev–Trinajstić information content (AvgIpc) is 2.79. The Bertz CT molecular complexity index is 615. The Morgan fingerprint density at radius 3 is 2.86 bits per heavy atom. The molecule has 0 saturated carbocycles. The van der Waals surface area contributed by atoms with Gasteiger partial charge in [0.2, 0.25) is 5.91 Å². The normalized spacial score (nSPS) is 19.0. The minimum Gasteiger partial charge on any atom is -0.497 e. The van der Waals surface area contributed by atoms with Gasteiger partial charge in [0.25, 0.3) is 0 Å². The van der Waals surface area contributed by atoms with Gasteiger partial charge in [0.1, 0.15) is 21.8 Å². The van der Waals surface area contributed by atoms with E-state index in [1.54, 1.807) is 12.0 Å². The van der Waals surface area contributed by atoms with Crippen molar-refractivity contribution in [3.05, 3.63) is 29.8 Å². The van der Waals surface area contributed by atoms with E-state index in [9.17, 15) is 13.2 Å². The molecule has 0 aromatic heterocycles. The molecule has 2 rings (SSSR count). The van der Waals surface area contributed by atoms with Crippen LogP contribution in [0, 0.1) is 0 Å². The van der Waals surface area contributed by atoms with Crippen LogP contribution in [0.3, 0.4) is 0 Å². The van der Waals surface area contributed by atoms with Gasteiger partial charge >= 0.3 is 0 Å². The van der Waals surface area contributed by atoms with E-state index in [2.05, 4.69) is 5.32 Å². The van der Waals surface area contributed by atoms with Gasteiger partial charge in [0, 0.05) is 12.8 Å². The molecule has 0 aliphatic carbocycles. The Morgan fingerprint density at radius 2 is 2.19 bits per heavy atom. The smallest absolute Gasteiger partial charge is 0.238 e. The second-order valence-corrected chi connectivity index (χ2v) is 7.39. The molecule has 0 bridgehead atoms. The molecule has 1 aliphatic heterocycles. The first-order chi connectivity index (χ1) is 9.90. The second kappa shape index (κ2) is 6.44. The number of benzene rings is 1. The number of carbonyl (C=O) groups is 1. The maximum atomic E-state index is 12.0. The molecule has 1 aromatic carbocycles. The largest absolute Gasteiger partial charge is 0.497 e. The Labute approximate surface area is 125 Å². The van der Waals surface area contributed by atoms with Crippen molar-refractivity contribution in [3.8, 4) is 5.75 Å². The molecule has 1 aliphatic rings. The SMILES string of the molecule is COc1cccc(C2NCC(=O)N2CCCS(C)(=O)=O)c1. The first-order valence-corrected chi connectivity index (χ1v) is 8.81. The summed E-state index contributed by atoms with van der Waals surface area (Å²) in [6, 6.07) is 7.50. The zero-order valence-electron chi connectivity index (χ0n) is 12.2.